The number of carbonyl (C=O) groups is 1. The summed E-state index contributed by atoms with van der Waals surface area (Å²) < 4.78 is 2.76. The topological polar surface area (TPSA) is 50.2 Å². The third-order valence-corrected chi connectivity index (χ3v) is 7.46. The van der Waals surface area contributed by atoms with Gasteiger partial charge >= 0.3 is 0 Å². The summed E-state index contributed by atoms with van der Waals surface area (Å²) in [5, 5.41) is 11.1. The van der Waals surface area contributed by atoms with Gasteiger partial charge < -0.3 is 10.1 Å². The molecular weight excluding hydrogens is 607 g/mol. The van der Waals surface area contributed by atoms with Gasteiger partial charge in [0.2, 0.25) is 0 Å². The summed E-state index contributed by atoms with van der Waals surface area (Å²) in [6.07, 6.45) is 5.51. The van der Waals surface area contributed by atoms with Crippen molar-refractivity contribution in [3.8, 4) is 11.3 Å². The maximum atomic E-state index is 10.0. The molecule has 33 heavy (non-hydrogen) atoms. The number of hydrogen-bond acceptors (Lipinski definition) is 4. The van der Waals surface area contributed by atoms with Gasteiger partial charge in [0, 0.05) is 47.5 Å². The first-order valence-electron chi connectivity index (χ1n) is 11.0. The normalized spacial score (nSPS) is 17.6. The fourth-order valence-corrected chi connectivity index (χ4v) is 5.75. The van der Waals surface area contributed by atoms with Crippen LogP contribution < -0.4 is 0 Å². The van der Waals surface area contributed by atoms with Crippen LogP contribution in [-0.2, 0) is 37.7 Å². The van der Waals surface area contributed by atoms with E-state index >= 15 is 0 Å². The van der Waals surface area contributed by atoms with Gasteiger partial charge in [0.1, 0.15) is 0 Å². The first-order valence-corrected chi connectivity index (χ1v) is 11.8. The maximum Gasteiger partial charge on any atom is 0.155 e. The average molecular weight is 635 g/mol. The Labute approximate surface area is 212 Å². The number of benzene rings is 2. The fraction of sp³-hybridized carbons (Fsp3) is 0.286. The molecule has 0 spiro atoms. The molecule has 173 valence electrons. The van der Waals surface area contributed by atoms with Crippen LogP contribution >= 0.6 is 11.3 Å². The Morgan fingerprint density at radius 3 is 2.42 bits per heavy atom. The van der Waals surface area contributed by atoms with Crippen LogP contribution in [0.4, 0.5) is 0 Å². The number of aliphatic hydroxyl groups is 1. The molecule has 0 aliphatic heterocycles. The molecule has 0 saturated heterocycles. The van der Waals surface area contributed by atoms with Crippen LogP contribution in [-0.4, -0.2) is 15.9 Å². The van der Waals surface area contributed by atoms with E-state index in [0.717, 1.165) is 23.1 Å². The van der Waals surface area contributed by atoms with Crippen molar-refractivity contribution in [2.24, 2.45) is 11.8 Å². The molecule has 2 unspecified atom stereocenters. The second-order valence-electron chi connectivity index (χ2n) is 8.75. The Bertz CT molecular complexity index is 1310. The van der Waals surface area contributed by atoms with Crippen LogP contribution in [0.15, 0.2) is 60.5 Å². The Morgan fingerprint density at radius 2 is 1.79 bits per heavy atom. The molecule has 1 N–H and O–H groups in total. The predicted molar refractivity (Wildman–Crippen MR) is 134 cm³/mol. The third-order valence-electron chi connectivity index (χ3n) is 6.17. The second kappa shape index (κ2) is 10.7. The minimum absolute atomic E-state index is 0. The van der Waals surface area contributed by atoms with Crippen LogP contribution in [0, 0.1) is 17.9 Å². The molecule has 3 nitrogen and oxygen atoms in total. The van der Waals surface area contributed by atoms with Crippen LogP contribution in [0.3, 0.4) is 0 Å². The number of fused-ring (bicyclic) bond motifs is 5. The van der Waals surface area contributed by atoms with Gasteiger partial charge in [-0.2, -0.15) is 0 Å². The monoisotopic (exact) mass is 635 g/mol. The molecule has 0 saturated carbocycles. The van der Waals surface area contributed by atoms with Crippen molar-refractivity contribution in [1.29, 1.82) is 0 Å². The van der Waals surface area contributed by atoms with Crippen LogP contribution in [0.25, 0.3) is 31.4 Å². The van der Waals surface area contributed by atoms with E-state index < -0.39 is 0 Å². The van der Waals surface area contributed by atoms with Gasteiger partial charge in [-0.25, -0.2) is 0 Å². The molecule has 0 fully saturated rings. The number of hydrogen-bond donors (Lipinski definition) is 1. The van der Waals surface area contributed by atoms with Gasteiger partial charge in [-0.05, 0) is 66.5 Å². The number of nitrogens with zero attached hydrogens (tertiary/aromatic N) is 1. The standard InChI is InChI=1S/C23H20NS.C5H8O2.Ir/c1-14-12-17-8-9-18-19-10-11-24-21(16-6-4-3-5-7-16)23(19)25-22(18)20(17)13-15(14)2;1-4(6)3-5(2)7;/h3-6,8-11,14-15H,12-13H2,1-2H3;3,6H,1-2H3;/q-1;;/b;4-3-;. The molecule has 2 aromatic carbocycles. The molecule has 2 aromatic heterocycles. The number of ketones is 1. The molecule has 0 amide bonds. The number of carbonyl (C=O) groups excluding carboxylic acids is 1. The summed E-state index contributed by atoms with van der Waals surface area (Å²) in [6.45, 7) is 7.63. The molecule has 5 rings (SSSR count). The van der Waals surface area contributed by atoms with Crippen molar-refractivity contribution in [3.63, 3.8) is 0 Å². The van der Waals surface area contributed by atoms with Crippen molar-refractivity contribution in [1.82, 2.24) is 4.98 Å². The predicted octanol–water partition coefficient (Wildman–Crippen LogP) is 7.32. The van der Waals surface area contributed by atoms with Gasteiger partial charge in [0.25, 0.3) is 0 Å². The number of rotatable bonds is 2. The van der Waals surface area contributed by atoms with E-state index in [1.807, 2.05) is 29.7 Å². The van der Waals surface area contributed by atoms with E-state index in [2.05, 4.69) is 50.2 Å². The molecular formula is C28H28IrNO2S-. The number of pyridine rings is 1. The molecule has 4 aromatic rings. The van der Waals surface area contributed by atoms with Crippen LogP contribution in [0.2, 0.25) is 0 Å². The van der Waals surface area contributed by atoms with Crippen molar-refractivity contribution >= 4 is 37.3 Å². The number of thiophene rings is 1. The van der Waals surface area contributed by atoms with Crippen LogP contribution in [0.5, 0.6) is 0 Å². The Kier molecular flexibility index (Phi) is 8.23. The van der Waals surface area contributed by atoms with Gasteiger partial charge in [-0.3, -0.25) is 4.79 Å². The minimum Gasteiger partial charge on any atom is -0.512 e. The van der Waals surface area contributed by atoms with Crippen molar-refractivity contribution in [2.75, 3.05) is 0 Å². The van der Waals surface area contributed by atoms with Crippen molar-refractivity contribution in [3.05, 3.63) is 77.7 Å². The van der Waals surface area contributed by atoms with Crippen molar-refractivity contribution in [2.45, 2.75) is 40.5 Å². The molecule has 2 heterocycles. The third kappa shape index (κ3) is 5.43. The average Bonchev–Trinajstić information content (AvgIpc) is 3.14. The smallest absolute Gasteiger partial charge is 0.155 e. The second-order valence-corrected chi connectivity index (χ2v) is 9.77. The largest absolute Gasteiger partial charge is 0.512 e. The summed E-state index contributed by atoms with van der Waals surface area (Å²) in [5.74, 6) is 1.46. The van der Waals surface area contributed by atoms with E-state index in [9.17, 15) is 4.79 Å². The van der Waals surface area contributed by atoms with Gasteiger partial charge in [-0.1, -0.05) is 26.0 Å². The Balaban J connectivity index is 0.000000337. The molecule has 5 heteroatoms. The number of aliphatic hydroxyl groups excluding tert-OH is 1. The summed E-state index contributed by atoms with van der Waals surface area (Å²) in [6, 6.07) is 18.3. The van der Waals surface area contributed by atoms with E-state index in [1.54, 1.807) is 11.1 Å². The zero-order chi connectivity index (χ0) is 22.8. The van der Waals surface area contributed by atoms with Crippen molar-refractivity contribution < 1.29 is 30.0 Å². The van der Waals surface area contributed by atoms with E-state index in [-0.39, 0.29) is 31.6 Å². The van der Waals surface area contributed by atoms with E-state index in [4.69, 9.17) is 10.1 Å². The van der Waals surface area contributed by atoms with Gasteiger partial charge in [0.15, 0.2) is 5.78 Å². The van der Waals surface area contributed by atoms with Crippen LogP contribution in [0.1, 0.15) is 38.8 Å². The van der Waals surface area contributed by atoms with E-state index in [0.29, 0.717) is 0 Å². The molecule has 0 bridgehead atoms. The summed E-state index contributed by atoms with van der Waals surface area (Å²) >= 11 is 1.92. The maximum absolute atomic E-state index is 10.0. The quantitative estimate of drug-likeness (QED) is 0.143. The Hall–Kier alpha value is -2.33. The summed E-state index contributed by atoms with van der Waals surface area (Å²) in [5.41, 5.74) is 5.26. The molecule has 1 aliphatic rings. The van der Waals surface area contributed by atoms with Gasteiger partial charge in [0.05, 0.1) is 5.76 Å². The zero-order valence-corrected chi connectivity index (χ0v) is 22.5. The first-order chi connectivity index (χ1) is 15.3. The summed E-state index contributed by atoms with van der Waals surface area (Å²) in [7, 11) is 0. The minimum atomic E-state index is -0.125. The summed E-state index contributed by atoms with van der Waals surface area (Å²) in [4.78, 5) is 14.7. The number of allylic oxidation sites excluding steroid dienone is 2. The zero-order valence-electron chi connectivity index (χ0n) is 19.3. The Morgan fingerprint density at radius 1 is 1.06 bits per heavy atom. The molecule has 2 atom stereocenters. The van der Waals surface area contributed by atoms with Gasteiger partial charge in [-0.15, -0.1) is 47.2 Å². The fourth-order valence-electron chi connectivity index (χ4n) is 4.38. The van der Waals surface area contributed by atoms with E-state index in [1.165, 1.54) is 52.9 Å². The molecule has 1 radical (unpaired) electrons. The SMILES string of the molecule is CC(=O)/C=C(/C)O.CC1Cc2ccc3c(sc4c(-c5[c-]cccc5)nccc43)c2CC1C.[Ir]. The molecule has 1 aliphatic carbocycles. The first kappa shape index (κ1) is 25.3. The number of aromatic nitrogens is 1.